The SMILES string of the molecule is COc1ccc(CC(=O)NCCc2cc3ccc(C)c(C)c3[nH]c2=O)cc1OC. The number of pyridine rings is 1. The molecule has 0 radical (unpaired) electrons. The quantitative estimate of drug-likeness (QED) is 0.645. The third kappa shape index (κ3) is 4.59. The van der Waals surface area contributed by atoms with Gasteiger partial charge in [-0.2, -0.15) is 0 Å². The van der Waals surface area contributed by atoms with Gasteiger partial charge in [-0.3, -0.25) is 9.59 Å². The lowest BCUT2D eigenvalue weighted by atomic mass is 10.0. The van der Waals surface area contributed by atoms with Crippen molar-refractivity contribution in [1.82, 2.24) is 10.3 Å². The Morgan fingerprint density at radius 2 is 1.79 bits per heavy atom. The van der Waals surface area contributed by atoms with Crippen molar-refractivity contribution >= 4 is 16.8 Å². The number of hydrogen-bond donors (Lipinski definition) is 2. The molecule has 0 unspecified atom stereocenters. The average molecular weight is 394 g/mol. The van der Waals surface area contributed by atoms with Gasteiger partial charge in [-0.1, -0.05) is 18.2 Å². The molecule has 0 aliphatic heterocycles. The van der Waals surface area contributed by atoms with Crippen molar-refractivity contribution in [2.24, 2.45) is 0 Å². The Bertz CT molecular complexity index is 1100. The number of H-pyrrole nitrogens is 1. The first-order valence-corrected chi connectivity index (χ1v) is 9.52. The second-order valence-electron chi connectivity index (χ2n) is 7.06. The number of carbonyl (C=O) groups is 1. The number of methoxy groups -OCH3 is 2. The van der Waals surface area contributed by atoms with Crippen LogP contribution in [0.5, 0.6) is 11.5 Å². The fourth-order valence-corrected chi connectivity index (χ4v) is 3.33. The largest absolute Gasteiger partial charge is 0.493 e. The summed E-state index contributed by atoms with van der Waals surface area (Å²) in [5, 5.41) is 3.88. The van der Waals surface area contributed by atoms with Crippen molar-refractivity contribution in [2.45, 2.75) is 26.7 Å². The first kappa shape index (κ1) is 20.5. The summed E-state index contributed by atoms with van der Waals surface area (Å²) in [5.74, 6) is 1.10. The normalized spacial score (nSPS) is 10.8. The number of aromatic nitrogens is 1. The molecule has 152 valence electrons. The van der Waals surface area contributed by atoms with Crippen molar-refractivity contribution in [3.8, 4) is 11.5 Å². The molecule has 2 N–H and O–H groups in total. The molecule has 1 heterocycles. The second kappa shape index (κ2) is 8.82. The second-order valence-corrected chi connectivity index (χ2v) is 7.06. The van der Waals surface area contributed by atoms with Gasteiger partial charge >= 0.3 is 0 Å². The molecule has 0 bridgehead atoms. The van der Waals surface area contributed by atoms with Gasteiger partial charge in [0.25, 0.3) is 5.56 Å². The van der Waals surface area contributed by atoms with E-state index < -0.39 is 0 Å². The molecule has 0 atom stereocenters. The predicted octanol–water partition coefficient (Wildman–Crippen LogP) is 3.06. The molecule has 2 aromatic carbocycles. The molecular weight excluding hydrogens is 368 g/mol. The third-order valence-electron chi connectivity index (χ3n) is 5.16. The van der Waals surface area contributed by atoms with E-state index in [9.17, 15) is 9.59 Å². The van der Waals surface area contributed by atoms with Crippen molar-refractivity contribution < 1.29 is 14.3 Å². The van der Waals surface area contributed by atoms with Crippen LogP contribution < -0.4 is 20.3 Å². The van der Waals surface area contributed by atoms with E-state index in [4.69, 9.17) is 9.47 Å². The van der Waals surface area contributed by atoms with Crippen molar-refractivity contribution in [2.75, 3.05) is 20.8 Å². The lowest BCUT2D eigenvalue weighted by molar-refractivity contribution is -0.120. The molecule has 6 nitrogen and oxygen atoms in total. The maximum Gasteiger partial charge on any atom is 0.251 e. The fraction of sp³-hybridized carbons (Fsp3) is 0.304. The molecule has 3 aromatic rings. The monoisotopic (exact) mass is 394 g/mol. The first-order chi connectivity index (χ1) is 13.9. The maximum absolute atomic E-state index is 12.4. The lowest BCUT2D eigenvalue weighted by Crippen LogP contribution is -2.28. The Hall–Kier alpha value is -3.28. The summed E-state index contributed by atoms with van der Waals surface area (Å²) in [4.78, 5) is 27.6. The molecule has 0 fully saturated rings. The molecule has 0 aliphatic carbocycles. The van der Waals surface area contributed by atoms with Gasteiger partial charge in [0.15, 0.2) is 11.5 Å². The molecule has 0 aliphatic rings. The topological polar surface area (TPSA) is 80.4 Å². The van der Waals surface area contributed by atoms with Gasteiger partial charge in [-0.05, 0) is 60.5 Å². The first-order valence-electron chi connectivity index (χ1n) is 9.52. The Balaban J connectivity index is 1.62. The van der Waals surface area contributed by atoms with E-state index in [1.807, 2.05) is 38.1 Å². The van der Waals surface area contributed by atoms with Crippen LogP contribution in [0.4, 0.5) is 0 Å². The van der Waals surface area contributed by atoms with Crippen molar-refractivity contribution in [1.29, 1.82) is 0 Å². The summed E-state index contributed by atoms with van der Waals surface area (Å²) in [7, 11) is 3.13. The van der Waals surface area contributed by atoms with Crippen LogP contribution in [0.15, 0.2) is 41.2 Å². The van der Waals surface area contributed by atoms with Gasteiger partial charge in [0.1, 0.15) is 0 Å². The number of aryl methyl sites for hydroxylation is 2. The van der Waals surface area contributed by atoms with Crippen LogP contribution in [0.25, 0.3) is 10.9 Å². The number of fused-ring (bicyclic) bond motifs is 1. The Labute approximate surface area is 169 Å². The van der Waals surface area contributed by atoms with Crippen LogP contribution >= 0.6 is 0 Å². The Kier molecular flexibility index (Phi) is 6.22. The number of rotatable bonds is 7. The number of aromatic amines is 1. The van der Waals surface area contributed by atoms with Gasteiger partial charge < -0.3 is 19.8 Å². The number of amides is 1. The zero-order valence-electron chi connectivity index (χ0n) is 17.2. The molecule has 29 heavy (non-hydrogen) atoms. The molecule has 1 amide bonds. The summed E-state index contributed by atoms with van der Waals surface area (Å²) >= 11 is 0. The zero-order valence-corrected chi connectivity index (χ0v) is 17.2. The number of hydrogen-bond acceptors (Lipinski definition) is 4. The number of ether oxygens (including phenoxy) is 2. The molecule has 1 aromatic heterocycles. The minimum atomic E-state index is -0.111. The number of benzene rings is 2. The van der Waals surface area contributed by atoms with Crippen LogP contribution in [0.2, 0.25) is 0 Å². The minimum absolute atomic E-state index is 0.110. The van der Waals surface area contributed by atoms with Gasteiger partial charge in [0.05, 0.1) is 26.2 Å². The van der Waals surface area contributed by atoms with E-state index in [0.29, 0.717) is 30.0 Å². The molecular formula is C23H26N2O4. The highest BCUT2D eigenvalue weighted by Gasteiger charge is 2.10. The highest BCUT2D eigenvalue weighted by atomic mass is 16.5. The highest BCUT2D eigenvalue weighted by Crippen LogP contribution is 2.27. The highest BCUT2D eigenvalue weighted by molar-refractivity contribution is 5.83. The smallest absolute Gasteiger partial charge is 0.251 e. The summed E-state index contributed by atoms with van der Waals surface area (Å²) in [5.41, 5.74) is 4.47. The van der Waals surface area contributed by atoms with Gasteiger partial charge in [0, 0.05) is 12.1 Å². The molecule has 3 rings (SSSR count). The fourth-order valence-electron chi connectivity index (χ4n) is 3.33. The number of nitrogens with one attached hydrogen (secondary N) is 2. The van der Waals surface area contributed by atoms with Gasteiger partial charge in [-0.25, -0.2) is 0 Å². The van der Waals surface area contributed by atoms with Crippen molar-refractivity contribution in [3.63, 3.8) is 0 Å². The van der Waals surface area contributed by atoms with E-state index in [0.717, 1.165) is 27.6 Å². The van der Waals surface area contributed by atoms with Gasteiger partial charge in [-0.15, -0.1) is 0 Å². The van der Waals surface area contributed by atoms with Crippen LogP contribution in [0.1, 0.15) is 22.3 Å². The summed E-state index contributed by atoms with van der Waals surface area (Å²) < 4.78 is 10.5. The van der Waals surface area contributed by atoms with E-state index in [1.54, 1.807) is 26.4 Å². The molecule has 0 saturated carbocycles. The van der Waals surface area contributed by atoms with Crippen molar-refractivity contribution in [3.05, 3.63) is 69.0 Å². The molecule has 0 spiro atoms. The Morgan fingerprint density at radius 1 is 1.03 bits per heavy atom. The lowest BCUT2D eigenvalue weighted by Gasteiger charge is -2.10. The van der Waals surface area contributed by atoms with Crippen LogP contribution in [0, 0.1) is 13.8 Å². The molecule has 0 saturated heterocycles. The van der Waals surface area contributed by atoms with E-state index in [-0.39, 0.29) is 17.9 Å². The average Bonchev–Trinajstić information content (AvgIpc) is 2.71. The van der Waals surface area contributed by atoms with Crippen LogP contribution in [-0.4, -0.2) is 31.7 Å². The van der Waals surface area contributed by atoms with E-state index >= 15 is 0 Å². The minimum Gasteiger partial charge on any atom is -0.493 e. The maximum atomic E-state index is 12.4. The summed E-state index contributed by atoms with van der Waals surface area (Å²) in [6.45, 7) is 4.42. The summed E-state index contributed by atoms with van der Waals surface area (Å²) in [6, 6.07) is 11.4. The van der Waals surface area contributed by atoms with Crippen LogP contribution in [0.3, 0.4) is 0 Å². The number of carbonyl (C=O) groups excluding carboxylic acids is 1. The van der Waals surface area contributed by atoms with Crippen LogP contribution in [-0.2, 0) is 17.6 Å². The van der Waals surface area contributed by atoms with E-state index in [2.05, 4.69) is 10.3 Å². The zero-order chi connectivity index (χ0) is 21.0. The van der Waals surface area contributed by atoms with E-state index in [1.165, 1.54) is 0 Å². The molecule has 6 heteroatoms. The predicted molar refractivity (Wildman–Crippen MR) is 114 cm³/mol. The summed E-state index contributed by atoms with van der Waals surface area (Å²) in [6.07, 6.45) is 0.697. The third-order valence-corrected chi connectivity index (χ3v) is 5.16. The standard InChI is InChI=1S/C23H26N2O4/c1-14-5-7-17-13-18(23(27)25-22(17)15(14)2)9-10-24-21(26)12-16-6-8-19(28-3)20(11-16)29-4/h5-8,11,13H,9-10,12H2,1-4H3,(H,24,26)(H,25,27). The Morgan fingerprint density at radius 3 is 2.52 bits per heavy atom. The van der Waals surface area contributed by atoms with Gasteiger partial charge in [0.2, 0.25) is 5.91 Å².